The van der Waals surface area contributed by atoms with Crippen molar-refractivity contribution in [3.05, 3.63) is 47.5 Å². The first-order valence-electron chi connectivity index (χ1n) is 8.66. The average Bonchev–Trinajstić information content (AvgIpc) is 2.94. The van der Waals surface area contributed by atoms with Gasteiger partial charge in [0.2, 0.25) is 5.91 Å². The number of nitrogens with zero attached hydrogens (tertiary/aromatic N) is 4. The number of aryl methyl sites for hydroxylation is 1. The molecule has 28 heavy (non-hydrogen) atoms. The first kappa shape index (κ1) is 18.4. The lowest BCUT2D eigenvalue weighted by atomic mass is 10.0. The third-order valence-electron chi connectivity index (χ3n) is 4.80. The lowest BCUT2D eigenvalue weighted by Gasteiger charge is -2.34. The summed E-state index contributed by atoms with van der Waals surface area (Å²) in [7, 11) is 0. The van der Waals surface area contributed by atoms with Crippen LogP contribution in [0.1, 0.15) is 17.7 Å². The first-order valence-corrected chi connectivity index (χ1v) is 8.66. The van der Waals surface area contributed by atoms with Crippen molar-refractivity contribution >= 4 is 16.9 Å². The summed E-state index contributed by atoms with van der Waals surface area (Å²) in [4.78, 5) is 18.0. The van der Waals surface area contributed by atoms with Crippen LogP contribution < -0.4 is 0 Å². The van der Waals surface area contributed by atoms with Crippen molar-refractivity contribution in [2.24, 2.45) is 0 Å². The van der Waals surface area contributed by atoms with E-state index in [1.54, 1.807) is 13.0 Å². The molecule has 1 aromatic carbocycles. The van der Waals surface area contributed by atoms with Gasteiger partial charge in [0.25, 0.3) is 6.43 Å². The molecule has 0 bridgehead atoms. The fraction of sp³-hybridized carbons (Fsp3) is 0.316. The summed E-state index contributed by atoms with van der Waals surface area (Å²) < 4.78 is 54.0. The van der Waals surface area contributed by atoms with Gasteiger partial charge in [0.05, 0.1) is 29.9 Å². The zero-order valence-corrected chi connectivity index (χ0v) is 14.9. The summed E-state index contributed by atoms with van der Waals surface area (Å²) in [6, 6.07) is 5.14. The lowest BCUT2D eigenvalue weighted by molar-refractivity contribution is -0.139. The van der Waals surface area contributed by atoms with E-state index in [1.165, 1.54) is 21.8 Å². The number of likely N-dealkylation sites (tertiary alicyclic amines) is 1. The van der Waals surface area contributed by atoms with E-state index >= 15 is 0 Å². The van der Waals surface area contributed by atoms with Gasteiger partial charge in [0.15, 0.2) is 0 Å². The smallest absolute Gasteiger partial charge is 0.266 e. The van der Waals surface area contributed by atoms with E-state index in [0.29, 0.717) is 27.9 Å². The van der Waals surface area contributed by atoms with Gasteiger partial charge < -0.3 is 4.90 Å². The van der Waals surface area contributed by atoms with Crippen LogP contribution in [0, 0.1) is 12.7 Å². The number of rotatable bonds is 4. The summed E-state index contributed by atoms with van der Waals surface area (Å²) in [5.74, 6) is -1.23. The van der Waals surface area contributed by atoms with Crippen molar-refractivity contribution in [2.45, 2.75) is 26.1 Å². The van der Waals surface area contributed by atoms with Gasteiger partial charge in [-0.3, -0.25) is 14.5 Å². The number of carbonyl (C=O) groups excluding carboxylic acids is 1. The SMILES string of the molecule is Cc1nn(CC(=O)N2CC(F)C2)c2cc(-c3ccc(F)c(C(F)F)c3)cnc12. The van der Waals surface area contributed by atoms with Crippen molar-refractivity contribution in [3.8, 4) is 11.1 Å². The Balaban J connectivity index is 1.70. The van der Waals surface area contributed by atoms with Crippen LogP contribution in [0.4, 0.5) is 17.6 Å². The van der Waals surface area contributed by atoms with Crippen LogP contribution in [0.15, 0.2) is 30.5 Å². The van der Waals surface area contributed by atoms with E-state index in [2.05, 4.69) is 10.1 Å². The second-order valence-electron chi connectivity index (χ2n) is 6.77. The molecular weight excluding hydrogens is 376 g/mol. The molecule has 0 aliphatic carbocycles. The molecule has 9 heteroatoms. The molecule has 1 saturated heterocycles. The fourth-order valence-corrected chi connectivity index (χ4v) is 3.24. The molecule has 3 heterocycles. The maximum absolute atomic E-state index is 13.6. The molecule has 146 valence electrons. The molecule has 4 rings (SSSR count). The number of halogens is 4. The van der Waals surface area contributed by atoms with Gasteiger partial charge >= 0.3 is 0 Å². The first-order chi connectivity index (χ1) is 13.3. The second kappa shape index (κ2) is 6.88. The Bertz CT molecular complexity index is 1060. The van der Waals surface area contributed by atoms with Gasteiger partial charge in [-0.1, -0.05) is 6.07 Å². The largest absolute Gasteiger partial charge is 0.335 e. The van der Waals surface area contributed by atoms with E-state index in [-0.39, 0.29) is 25.5 Å². The maximum atomic E-state index is 13.6. The third kappa shape index (κ3) is 3.21. The molecule has 3 aromatic rings. The van der Waals surface area contributed by atoms with E-state index in [9.17, 15) is 22.4 Å². The highest BCUT2D eigenvalue weighted by molar-refractivity contribution is 5.85. The molecule has 1 aliphatic rings. The van der Waals surface area contributed by atoms with Gasteiger partial charge in [0.1, 0.15) is 24.1 Å². The third-order valence-corrected chi connectivity index (χ3v) is 4.80. The minimum atomic E-state index is -2.93. The summed E-state index contributed by atoms with van der Waals surface area (Å²) in [6.07, 6.45) is -2.43. The number of carbonyl (C=O) groups is 1. The topological polar surface area (TPSA) is 51.0 Å². The summed E-state index contributed by atoms with van der Waals surface area (Å²) in [5, 5.41) is 4.32. The van der Waals surface area contributed by atoms with Crippen LogP contribution in [0.5, 0.6) is 0 Å². The molecule has 0 unspecified atom stereocenters. The summed E-state index contributed by atoms with van der Waals surface area (Å²) >= 11 is 0. The predicted molar refractivity (Wildman–Crippen MR) is 94.1 cm³/mol. The number of aromatic nitrogens is 3. The zero-order chi connectivity index (χ0) is 20.0. The highest BCUT2D eigenvalue weighted by atomic mass is 19.3. The van der Waals surface area contributed by atoms with Crippen LogP contribution in [0.3, 0.4) is 0 Å². The standard InChI is InChI=1S/C19H16F4N4O/c1-10-18-16(27(25-10)9-17(28)26-7-13(20)8-26)5-12(6-24-18)11-2-3-15(21)14(4-11)19(22)23/h2-6,13,19H,7-9H2,1H3. The van der Waals surface area contributed by atoms with Crippen LogP contribution in [0.2, 0.25) is 0 Å². The number of benzene rings is 1. The van der Waals surface area contributed by atoms with Crippen molar-refractivity contribution in [2.75, 3.05) is 13.1 Å². The summed E-state index contributed by atoms with van der Waals surface area (Å²) in [5.41, 5.74) is 1.91. The Morgan fingerprint density at radius 2 is 2.00 bits per heavy atom. The number of fused-ring (bicyclic) bond motifs is 1. The van der Waals surface area contributed by atoms with Crippen molar-refractivity contribution < 1.29 is 22.4 Å². The molecule has 0 atom stereocenters. The summed E-state index contributed by atoms with van der Waals surface area (Å²) in [6.45, 7) is 1.82. The number of hydrogen-bond donors (Lipinski definition) is 0. The molecule has 0 spiro atoms. The van der Waals surface area contributed by atoms with Crippen molar-refractivity contribution in [1.82, 2.24) is 19.7 Å². The normalized spacial score (nSPS) is 14.7. The molecule has 2 aromatic heterocycles. The molecule has 1 aliphatic heterocycles. The van der Waals surface area contributed by atoms with Crippen LogP contribution in [-0.2, 0) is 11.3 Å². The van der Waals surface area contributed by atoms with Gasteiger partial charge in [0, 0.05) is 11.8 Å². The maximum Gasteiger partial charge on any atom is 0.266 e. The minimum Gasteiger partial charge on any atom is -0.335 e. The molecule has 0 N–H and O–H groups in total. The van der Waals surface area contributed by atoms with E-state index in [0.717, 1.165) is 12.1 Å². The van der Waals surface area contributed by atoms with Crippen molar-refractivity contribution in [3.63, 3.8) is 0 Å². The van der Waals surface area contributed by atoms with Gasteiger partial charge in [-0.05, 0) is 30.7 Å². The number of hydrogen-bond acceptors (Lipinski definition) is 3. The zero-order valence-electron chi connectivity index (χ0n) is 14.9. The number of amides is 1. The molecule has 1 amide bonds. The van der Waals surface area contributed by atoms with E-state index in [4.69, 9.17) is 0 Å². The Morgan fingerprint density at radius 1 is 1.25 bits per heavy atom. The monoisotopic (exact) mass is 392 g/mol. The predicted octanol–water partition coefficient (Wildman–Crippen LogP) is 3.66. The number of alkyl halides is 3. The fourth-order valence-electron chi connectivity index (χ4n) is 3.24. The van der Waals surface area contributed by atoms with Crippen LogP contribution in [-0.4, -0.2) is 44.8 Å². The molecule has 0 radical (unpaired) electrons. The van der Waals surface area contributed by atoms with Gasteiger partial charge in [-0.2, -0.15) is 5.10 Å². The minimum absolute atomic E-state index is 0.0755. The Labute approximate surface area is 157 Å². The molecular formula is C19H16F4N4O. The molecule has 1 fully saturated rings. The van der Waals surface area contributed by atoms with Gasteiger partial charge in [-0.15, -0.1) is 0 Å². The molecule has 0 saturated carbocycles. The lowest BCUT2D eigenvalue weighted by Crippen LogP contribution is -2.52. The number of pyridine rings is 1. The second-order valence-corrected chi connectivity index (χ2v) is 6.77. The van der Waals surface area contributed by atoms with Crippen molar-refractivity contribution in [1.29, 1.82) is 0 Å². The Hall–Kier alpha value is -2.97. The highest BCUT2D eigenvalue weighted by Crippen LogP contribution is 2.29. The van der Waals surface area contributed by atoms with Crippen LogP contribution in [0.25, 0.3) is 22.2 Å². The quantitative estimate of drug-likeness (QED) is 0.637. The Morgan fingerprint density at radius 3 is 2.68 bits per heavy atom. The Kier molecular flexibility index (Phi) is 4.52. The van der Waals surface area contributed by atoms with Gasteiger partial charge in [-0.25, -0.2) is 17.6 Å². The van der Waals surface area contributed by atoms with E-state index < -0.39 is 24.0 Å². The van der Waals surface area contributed by atoms with Crippen LogP contribution >= 0.6 is 0 Å². The average molecular weight is 392 g/mol. The highest BCUT2D eigenvalue weighted by Gasteiger charge is 2.30. The van der Waals surface area contributed by atoms with E-state index in [1.807, 2.05) is 0 Å². The molecule has 5 nitrogen and oxygen atoms in total.